The second-order valence-corrected chi connectivity index (χ2v) is 9.13. The number of carboxylic acids is 1. The smallest absolute Gasteiger partial charge is 0.417 e. The monoisotopic (exact) mass is 596 g/mol. The zero-order valence-electron chi connectivity index (χ0n) is 19.7. The van der Waals surface area contributed by atoms with Gasteiger partial charge < -0.3 is 24.4 Å². The van der Waals surface area contributed by atoms with Crippen LogP contribution in [-0.2, 0) is 11.0 Å². The lowest BCUT2D eigenvalue weighted by Crippen LogP contribution is -2.42. The molecule has 0 aromatic heterocycles. The Morgan fingerprint density at radius 3 is 2.47 bits per heavy atom. The number of aliphatic carboxylic acids is 1. The Morgan fingerprint density at radius 1 is 1.08 bits per heavy atom. The third-order valence-corrected chi connectivity index (χ3v) is 6.30. The zero-order chi connectivity index (χ0) is 27.4. The first-order valence-corrected chi connectivity index (χ1v) is 12.1. The molecule has 0 radical (unpaired) electrons. The van der Waals surface area contributed by atoms with Gasteiger partial charge in [-0.3, -0.25) is 4.79 Å². The number of carbonyl (C=O) groups is 2. The van der Waals surface area contributed by atoms with E-state index in [1.165, 1.54) is 0 Å². The largest absolute Gasteiger partial charge is 0.486 e. The number of nitrogens with zero attached hydrogens (tertiary/aromatic N) is 2. The summed E-state index contributed by atoms with van der Waals surface area (Å²) >= 11 is 3.29. The molecule has 1 heterocycles. The molecule has 0 saturated carbocycles. The van der Waals surface area contributed by atoms with Crippen LogP contribution in [0.4, 0.5) is 28.9 Å². The summed E-state index contributed by atoms with van der Waals surface area (Å²) in [5, 5.41) is 8.92. The maximum absolute atomic E-state index is 14.7. The van der Waals surface area contributed by atoms with Crippen LogP contribution in [0.25, 0.3) is 0 Å². The number of hydrogen-bond acceptors (Lipinski definition) is 5. The molecule has 0 bridgehead atoms. The summed E-state index contributed by atoms with van der Waals surface area (Å²) in [6.07, 6.45) is -4.94. The summed E-state index contributed by atoms with van der Waals surface area (Å²) in [4.78, 5) is 27.3. The average molecular weight is 597 g/mol. The summed E-state index contributed by atoms with van der Waals surface area (Å²) in [6, 6.07) is 13.6. The number of benzene rings is 3. The van der Waals surface area contributed by atoms with Crippen molar-refractivity contribution in [2.75, 3.05) is 42.6 Å². The fourth-order valence-corrected chi connectivity index (χ4v) is 4.33. The van der Waals surface area contributed by atoms with E-state index in [9.17, 15) is 27.2 Å². The van der Waals surface area contributed by atoms with E-state index in [4.69, 9.17) is 14.6 Å². The standard InChI is InChI=1S/C26H21BrF4N2O5/c27-16-7-9-17(10-8-16)33(25(36)23-18(26(29,30)31)3-1-4-19(23)28)12-11-32-13-14-37-24-20(32)5-2-6-21(24)38-15-22(34)35/h1-10H,11-15H2,(H,34,35). The highest BCUT2D eigenvalue weighted by Gasteiger charge is 2.38. The first kappa shape index (κ1) is 27.2. The van der Waals surface area contributed by atoms with Gasteiger partial charge in [0.1, 0.15) is 12.4 Å². The Hall–Kier alpha value is -3.80. The fourth-order valence-electron chi connectivity index (χ4n) is 4.06. The molecule has 0 atom stereocenters. The minimum absolute atomic E-state index is 0.0915. The summed E-state index contributed by atoms with van der Waals surface area (Å²) in [5.41, 5.74) is -1.58. The van der Waals surface area contributed by atoms with Crippen molar-refractivity contribution in [2.45, 2.75) is 6.18 Å². The molecule has 7 nitrogen and oxygen atoms in total. The molecule has 1 N–H and O–H groups in total. The van der Waals surface area contributed by atoms with Gasteiger partial charge in [0, 0.05) is 23.2 Å². The Labute approximate surface area is 223 Å². The molecule has 0 unspecified atom stereocenters. The number of hydrogen-bond donors (Lipinski definition) is 1. The number of alkyl halides is 3. The van der Waals surface area contributed by atoms with Crippen molar-refractivity contribution in [1.29, 1.82) is 0 Å². The highest BCUT2D eigenvalue weighted by molar-refractivity contribution is 9.10. The number of fused-ring (bicyclic) bond motifs is 1. The quantitative estimate of drug-likeness (QED) is 0.340. The molecule has 0 fully saturated rings. The molecule has 4 rings (SSSR count). The van der Waals surface area contributed by atoms with E-state index in [0.29, 0.717) is 28.5 Å². The van der Waals surface area contributed by atoms with Gasteiger partial charge in [0.2, 0.25) is 0 Å². The fraction of sp³-hybridized carbons (Fsp3) is 0.231. The minimum Gasteiger partial charge on any atom is -0.486 e. The van der Waals surface area contributed by atoms with Gasteiger partial charge in [0.25, 0.3) is 5.91 Å². The van der Waals surface area contributed by atoms with Crippen LogP contribution < -0.4 is 19.3 Å². The van der Waals surface area contributed by atoms with Gasteiger partial charge in [-0.1, -0.05) is 28.1 Å². The molecular weight excluding hydrogens is 576 g/mol. The van der Waals surface area contributed by atoms with Crippen LogP contribution in [0.5, 0.6) is 11.5 Å². The second-order valence-electron chi connectivity index (χ2n) is 8.22. The van der Waals surface area contributed by atoms with Crippen LogP contribution in [0.1, 0.15) is 15.9 Å². The number of carboxylic acid groups (broad SMARTS) is 1. The van der Waals surface area contributed by atoms with E-state index in [1.54, 1.807) is 42.5 Å². The Balaban J connectivity index is 1.66. The lowest BCUT2D eigenvalue weighted by Gasteiger charge is -2.34. The van der Waals surface area contributed by atoms with E-state index in [-0.39, 0.29) is 31.1 Å². The van der Waals surface area contributed by atoms with Crippen LogP contribution in [0.15, 0.2) is 65.1 Å². The maximum Gasteiger partial charge on any atom is 0.417 e. The van der Waals surface area contributed by atoms with Gasteiger partial charge in [-0.15, -0.1) is 0 Å². The number of para-hydroxylation sites is 1. The van der Waals surface area contributed by atoms with Crippen LogP contribution in [0.2, 0.25) is 0 Å². The molecule has 12 heteroatoms. The Morgan fingerprint density at radius 2 is 1.79 bits per heavy atom. The van der Waals surface area contributed by atoms with Crippen molar-refractivity contribution < 1.29 is 41.7 Å². The first-order chi connectivity index (χ1) is 18.1. The van der Waals surface area contributed by atoms with E-state index in [2.05, 4.69) is 15.9 Å². The van der Waals surface area contributed by atoms with Gasteiger partial charge in [0.05, 0.1) is 23.4 Å². The van der Waals surface area contributed by atoms with Crippen molar-refractivity contribution >= 4 is 39.2 Å². The van der Waals surface area contributed by atoms with Crippen molar-refractivity contribution in [3.63, 3.8) is 0 Å². The van der Waals surface area contributed by atoms with Crippen LogP contribution in [-0.4, -0.2) is 49.8 Å². The Kier molecular flexibility index (Phi) is 8.10. The maximum atomic E-state index is 14.7. The Bertz CT molecular complexity index is 1330. The number of carbonyl (C=O) groups excluding carboxylic acids is 1. The molecule has 0 aliphatic carbocycles. The van der Waals surface area contributed by atoms with E-state index < -0.39 is 41.6 Å². The molecule has 3 aromatic rings. The molecule has 1 amide bonds. The van der Waals surface area contributed by atoms with Crippen molar-refractivity contribution in [3.05, 3.63) is 82.1 Å². The molecule has 3 aromatic carbocycles. The van der Waals surface area contributed by atoms with Gasteiger partial charge in [0.15, 0.2) is 18.1 Å². The van der Waals surface area contributed by atoms with Gasteiger partial charge in [-0.2, -0.15) is 13.2 Å². The normalized spacial score (nSPS) is 12.9. The van der Waals surface area contributed by atoms with E-state index in [0.717, 1.165) is 17.0 Å². The molecule has 0 spiro atoms. The van der Waals surface area contributed by atoms with Gasteiger partial charge in [-0.05, 0) is 48.5 Å². The molecule has 38 heavy (non-hydrogen) atoms. The SMILES string of the molecule is O=C(O)COc1cccc2c1OCCN2CCN(C(=O)c1c(F)cccc1C(F)(F)F)c1ccc(Br)cc1. The van der Waals surface area contributed by atoms with Gasteiger partial charge in [-0.25, -0.2) is 9.18 Å². The lowest BCUT2D eigenvalue weighted by molar-refractivity contribution is -0.139. The predicted octanol–water partition coefficient (Wildman–Crippen LogP) is 5.62. The highest BCUT2D eigenvalue weighted by atomic mass is 79.9. The molecule has 0 saturated heterocycles. The van der Waals surface area contributed by atoms with Gasteiger partial charge >= 0.3 is 12.1 Å². The van der Waals surface area contributed by atoms with Crippen LogP contribution >= 0.6 is 15.9 Å². The molecule has 200 valence electrons. The average Bonchev–Trinajstić information content (AvgIpc) is 2.87. The lowest BCUT2D eigenvalue weighted by atomic mass is 10.0. The number of ether oxygens (including phenoxy) is 2. The molecule has 1 aliphatic heterocycles. The van der Waals surface area contributed by atoms with E-state index in [1.807, 2.05) is 4.90 Å². The second kappa shape index (κ2) is 11.3. The van der Waals surface area contributed by atoms with Crippen molar-refractivity contribution in [2.24, 2.45) is 0 Å². The van der Waals surface area contributed by atoms with Crippen molar-refractivity contribution in [1.82, 2.24) is 0 Å². The minimum atomic E-state index is -4.94. The van der Waals surface area contributed by atoms with Crippen molar-refractivity contribution in [3.8, 4) is 11.5 Å². The first-order valence-electron chi connectivity index (χ1n) is 11.3. The summed E-state index contributed by atoms with van der Waals surface area (Å²) in [6.45, 7) is 0.0847. The zero-order valence-corrected chi connectivity index (χ0v) is 21.3. The highest BCUT2D eigenvalue weighted by Crippen LogP contribution is 2.40. The summed E-state index contributed by atoms with van der Waals surface area (Å²) < 4.78 is 67.4. The molecule has 1 aliphatic rings. The number of halogens is 5. The predicted molar refractivity (Wildman–Crippen MR) is 135 cm³/mol. The molecular formula is C26H21BrF4N2O5. The van der Waals surface area contributed by atoms with Crippen LogP contribution in [0, 0.1) is 5.82 Å². The summed E-state index contributed by atoms with van der Waals surface area (Å²) in [7, 11) is 0. The topological polar surface area (TPSA) is 79.3 Å². The van der Waals surface area contributed by atoms with E-state index >= 15 is 0 Å². The number of amides is 1. The summed E-state index contributed by atoms with van der Waals surface area (Å²) in [5.74, 6) is -3.04. The van der Waals surface area contributed by atoms with Crippen LogP contribution in [0.3, 0.4) is 0 Å². The number of rotatable bonds is 8. The number of anilines is 2. The third-order valence-electron chi connectivity index (χ3n) is 5.77. The third kappa shape index (κ3) is 6.01.